The van der Waals surface area contributed by atoms with Gasteiger partial charge in [0.2, 0.25) is 14.9 Å². The van der Waals surface area contributed by atoms with Crippen LogP contribution in [0.25, 0.3) is 65.8 Å². The Labute approximate surface area is 641 Å². The van der Waals surface area contributed by atoms with E-state index in [0.717, 1.165) is 92.6 Å². The molecule has 0 saturated carbocycles. The number of rotatable bonds is 18. The van der Waals surface area contributed by atoms with Gasteiger partial charge in [-0.2, -0.15) is 28.5 Å². The van der Waals surface area contributed by atoms with Crippen molar-refractivity contribution in [1.82, 2.24) is 43.8 Å². The Balaban J connectivity index is 0.000000145. The van der Waals surface area contributed by atoms with E-state index in [-0.39, 0.29) is 34.4 Å². The summed E-state index contributed by atoms with van der Waals surface area (Å²) >= 11 is 14.0. The summed E-state index contributed by atoms with van der Waals surface area (Å²) in [6.45, 7) is 9.14. The Morgan fingerprint density at radius 3 is 0.877 bits per heavy atom. The van der Waals surface area contributed by atoms with E-state index in [2.05, 4.69) is 98.8 Å². The number of methoxy groups -OCH3 is 6. The number of carboxylic acid groups (broad SMARTS) is 1. The van der Waals surface area contributed by atoms with Crippen LogP contribution in [0, 0.1) is 0 Å². The Hall–Kier alpha value is -10.3. The lowest BCUT2D eigenvalue weighted by Gasteiger charge is -2.16. The molecule has 0 fully saturated rings. The summed E-state index contributed by atoms with van der Waals surface area (Å²) in [5, 5.41) is 20.7. The van der Waals surface area contributed by atoms with Crippen molar-refractivity contribution < 1.29 is 52.7 Å². The molecule has 0 unspecified atom stereocenters. The van der Waals surface area contributed by atoms with Gasteiger partial charge in [0.1, 0.15) is 13.6 Å². The summed E-state index contributed by atoms with van der Waals surface area (Å²) in [4.78, 5) is 110. The molecule has 15 rings (SSSR count). The number of benzene rings is 6. The molecule has 32 heteroatoms. The topological polar surface area (TPSA) is 295 Å². The normalized spacial score (nSPS) is 14.4. The third-order valence-electron chi connectivity index (χ3n) is 17.2. The van der Waals surface area contributed by atoms with Gasteiger partial charge in [0.25, 0.3) is 40.4 Å². The molecule has 12 aromatic rings. The monoisotopic (exact) mass is 1680 g/mol. The maximum atomic E-state index is 13.4. The first-order valence-electron chi connectivity index (χ1n) is 33.2. The fourth-order valence-electron chi connectivity index (χ4n) is 12.1. The molecule has 0 bridgehead atoms. The summed E-state index contributed by atoms with van der Waals surface area (Å²) in [5.74, 6) is 3.26. The van der Waals surface area contributed by atoms with Crippen LogP contribution in [0.15, 0.2) is 137 Å². The summed E-state index contributed by atoms with van der Waals surface area (Å²) in [5.41, 5.74) is 6.93. The fraction of sp³-hybridized carbons (Fsp3) is 0.257. The van der Waals surface area contributed by atoms with Gasteiger partial charge in [-0.3, -0.25) is 33.6 Å². The number of aromatic nitrogens is 9. The van der Waals surface area contributed by atoms with Gasteiger partial charge >= 0.3 is 0 Å². The Morgan fingerprint density at radius 1 is 0.396 bits per heavy atom. The summed E-state index contributed by atoms with van der Waals surface area (Å²) in [6.07, 6.45) is 5.53. The number of unbranched alkanes of at least 4 members (excludes halogenated alkanes) is 3. The molecular formula is C74H67Br3N12O14S3. The molecule has 3 aliphatic heterocycles. The second-order valence-electron chi connectivity index (χ2n) is 23.9. The lowest BCUT2D eigenvalue weighted by Crippen LogP contribution is -2.33. The first-order valence-corrected chi connectivity index (χ1v) is 38.0. The molecule has 546 valence electrons. The first-order chi connectivity index (χ1) is 51.1. The minimum atomic E-state index is -0.833. The number of nitrogens with zero attached hydrogens (tertiary/aromatic N) is 12. The van der Waals surface area contributed by atoms with Gasteiger partial charge in [-0.15, -0.1) is 15.3 Å². The molecule has 0 radical (unpaired) electrons. The molecule has 26 nitrogen and oxygen atoms in total. The minimum absolute atomic E-state index is 0.164. The predicted octanol–water partition coefficient (Wildman–Crippen LogP) is 11.1. The number of thiazole rings is 3. The van der Waals surface area contributed by atoms with Gasteiger partial charge in [-0.05, 0) is 128 Å². The maximum absolute atomic E-state index is 13.4. The van der Waals surface area contributed by atoms with Gasteiger partial charge < -0.3 is 48.2 Å². The van der Waals surface area contributed by atoms with Crippen LogP contribution in [0.1, 0.15) is 82.9 Å². The number of anilines is 3. The highest BCUT2D eigenvalue weighted by Gasteiger charge is 2.38. The number of carboxylic acids is 1. The van der Waals surface area contributed by atoms with Crippen LogP contribution in [0.3, 0.4) is 0 Å². The van der Waals surface area contributed by atoms with E-state index in [1.807, 2.05) is 54.6 Å². The molecule has 9 heterocycles. The van der Waals surface area contributed by atoms with E-state index in [0.29, 0.717) is 133 Å². The number of ether oxygens (including phenoxy) is 6. The molecule has 3 aliphatic rings. The third-order valence-corrected chi connectivity index (χ3v) is 21.8. The van der Waals surface area contributed by atoms with E-state index in [1.54, 1.807) is 112 Å². The van der Waals surface area contributed by atoms with E-state index in [9.17, 15) is 28.8 Å². The molecule has 0 aliphatic carbocycles. The van der Waals surface area contributed by atoms with Crippen molar-refractivity contribution in [2.24, 2.45) is 0 Å². The van der Waals surface area contributed by atoms with Crippen LogP contribution in [0.5, 0.6) is 34.5 Å². The molecule has 0 saturated heterocycles. The van der Waals surface area contributed by atoms with Gasteiger partial charge in [0.15, 0.2) is 52.0 Å². The predicted molar refractivity (Wildman–Crippen MR) is 418 cm³/mol. The van der Waals surface area contributed by atoms with Crippen molar-refractivity contribution >= 4 is 154 Å². The van der Waals surface area contributed by atoms with Crippen LogP contribution in [0.4, 0.5) is 17.1 Å². The Morgan fingerprint density at radius 2 is 0.651 bits per heavy atom. The number of carbonyl (C=O) groups is 4. The molecular weight excluding hydrogens is 1620 g/mol. The minimum Gasteiger partial charge on any atom is -0.493 e. The second-order valence-corrected chi connectivity index (χ2v) is 29.5. The first kappa shape index (κ1) is 75.4. The molecule has 0 spiro atoms. The number of carbonyl (C=O) groups excluding carboxylic acids is 3. The summed E-state index contributed by atoms with van der Waals surface area (Å²) in [6, 6.07) is 33.1. The molecule has 106 heavy (non-hydrogen) atoms. The van der Waals surface area contributed by atoms with E-state index < -0.39 is 5.97 Å². The molecule has 6 aromatic carbocycles. The highest BCUT2D eigenvalue weighted by atomic mass is 79.9. The van der Waals surface area contributed by atoms with Crippen LogP contribution < -0.4 is 73.4 Å². The van der Waals surface area contributed by atoms with E-state index in [1.165, 1.54) is 47.6 Å². The number of amides is 3. The lowest BCUT2D eigenvalue weighted by atomic mass is 10.1. The average molecular weight is 1680 g/mol. The summed E-state index contributed by atoms with van der Waals surface area (Å²) < 4.78 is 39.3. The largest absolute Gasteiger partial charge is 0.493 e. The lowest BCUT2D eigenvalue weighted by molar-refractivity contribution is -0.134. The van der Waals surface area contributed by atoms with Crippen molar-refractivity contribution in [3.63, 3.8) is 0 Å². The smallest absolute Gasteiger partial charge is 0.300 e. The zero-order valence-electron chi connectivity index (χ0n) is 58.7. The number of aliphatic carboxylic acids is 1. The molecule has 1 N–H and O–H groups in total. The quantitative estimate of drug-likeness (QED) is 0.0834. The van der Waals surface area contributed by atoms with Gasteiger partial charge in [-0.25, -0.2) is 0 Å². The van der Waals surface area contributed by atoms with Crippen LogP contribution in [0.2, 0.25) is 0 Å². The zero-order chi connectivity index (χ0) is 75.5. The maximum Gasteiger partial charge on any atom is 0.300 e. The fourth-order valence-corrected chi connectivity index (χ4v) is 16.2. The number of halogens is 3. The standard InChI is InChI=1S/3C24H21BrN4O4S.C2H4O2/c3*1-4-5-10-28-16-8-7-14(25)12-15(16)19(22(28)30)20-23(31)29-24(34-20)26-21(27-29)13-6-9-17(32-2)18(11-13)33-3;1-2(3)4/h3*6-9,11-12H,4-5,10H2,1-3H3;1H3,(H,3,4)/b3*20-19-;. The Kier molecular flexibility index (Phi) is 22.9. The average Bonchev–Trinajstić information content (AvgIpc) is 1.59. The van der Waals surface area contributed by atoms with Crippen LogP contribution in [-0.2, 0) is 19.2 Å². The van der Waals surface area contributed by atoms with Crippen molar-refractivity contribution in [2.45, 2.75) is 66.2 Å². The van der Waals surface area contributed by atoms with E-state index >= 15 is 0 Å². The molecule has 6 aromatic heterocycles. The highest BCUT2D eigenvalue weighted by Crippen LogP contribution is 2.42. The van der Waals surface area contributed by atoms with Gasteiger partial charge in [-0.1, -0.05) is 122 Å². The third kappa shape index (κ3) is 14.5. The Bertz CT molecular complexity index is 5300. The van der Waals surface area contributed by atoms with E-state index in [4.69, 9.17) is 38.3 Å². The molecule has 3 amide bonds. The second kappa shape index (κ2) is 32.2. The van der Waals surface area contributed by atoms with Crippen LogP contribution in [-0.4, -0.2) is 135 Å². The number of hydrogen-bond acceptors (Lipinski definition) is 22. The van der Waals surface area contributed by atoms with Crippen molar-refractivity contribution in [3.05, 3.63) is 184 Å². The highest BCUT2D eigenvalue weighted by molar-refractivity contribution is 9.11. The van der Waals surface area contributed by atoms with Crippen molar-refractivity contribution in [3.8, 4) is 68.7 Å². The van der Waals surface area contributed by atoms with Crippen molar-refractivity contribution in [1.29, 1.82) is 0 Å². The zero-order valence-corrected chi connectivity index (χ0v) is 65.9. The summed E-state index contributed by atoms with van der Waals surface area (Å²) in [7, 11) is 9.36. The molecule has 0 atom stereocenters. The van der Waals surface area contributed by atoms with Crippen LogP contribution >= 0.6 is 81.8 Å². The van der Waals surface area contributed by atoms with Crippen molar-refractivity contribution in [2.75, 3.05) is 77.0 Å². The van der Waals surface area contributed by atoms with Gasteiger partial charge in [0.05, 0.1) is 76.4 Å². The SMILES string of the molecule is CC(=O)O.CCCCN1C(=O)/C(=c2\sc3nc(-c4ccc(OC)c(OC)c4)nn3c2=O)c2cc(Br)ccc21.CCCCN1C(=O)/C(=c2\sc3nc(-c4ccc(OC)c(OC)c4)nn3c2=O)c2cc(Br)ccc21.CCCCN1C(=O)/C(=c2\sc3nc(-c4ccc(OC)c(OC)c4)nn3c2=O)c2cc(Br)ccc21. The number of hydrogen-bond donors (Lipinski definition) is 1. The van der Waals surface area contributed by atoms with Gasteiger partial charge in [0, 0.05) is 73.4 Å². The number of fused-ring (bicyclic) bond motifs is 6.